The lowest BCUT2D eigenvalue weighted by Crippen LogP contribution is -2.38. The number of rotatable bonds is 8. The van der Waals surface area contributed by atoms with E-state index in [1.54, 1.807) is 6.07 Å². The Balaban J connectivity index is 1.48. The lowest BCUT2D eigenvalue weighted by molar-refractivity contribution is 0.0374. The Kier molecular flexibility index (Phi) is 7.82. The molecule has 2 amide bonds. The summed E-state index contributed by atoms with van der Waals surface area (Å²) in [6.45, 7) is 5.03. The van der Waals surface area contributed by atoms with E-state index in [2.05, 4.69) is 19.9 Å². The molecule has 1 saturated heterocycles. The minimum atomic E-state index is -0.440. The first-order valence-electron chi connectivity index (χ1n) is 9.41. The van der Waals surface area contributed by atoms with Gasteiger partial charge in [0.05, 0.1) is 18.9 Å². The van der Waals surface area contributed by atoms with Crippen LogP contribution in [-0.4, -0.2) is 60.5 Å². The fraction of sp³-hybridized carbons (Fsp3) is 0.421. The Labute approximate surface area is 178 Å². The van der Waals surface area contributed by atoms with Gasteiger partial charge in [0, 0.05) is 31.2 Å². The highest BCUT2D eigenvalue weighted by atomic mass is 35.5. The zero-order valence-electron chi connectivity index (χ0n) is 15.9. The lowest BCUT2D eigenvalue weighted by atomic mass is 10.2. The summed E-state index contributed by atoms with van der Waals surface area (Å²) < 4.78 is 9.38. The van der Waals surface area contributed by atoms with Crippen LogP contribution in [0.5, 0.6) is 0 Å². The first-order valence-corrected chi connectivity index (χ1v) is 10.6. The van der Waals surface area contributed by atoms with Gasteiger partial charge < -0.3 is 21.1 Å². The van der Waals surface area contributed by atoms with Gasteiger partial charge in [-0.25, -0.2) is 0 Å². The molecule has 0 spiro atoms. The molecule has 0 aliphatic carbocycles. The third-order valence-electron chi connectivity index (χ3n) is 4.59. The SMILES string of the molecule is Nc1c(C(=O)NCc2ccccc2Cl)nsc1C(=O)NCCCN1CCOCC1. The first-order chi connectivity index (χ1) is 14.1. The molecule has 3 rings (SSSR count). The molecule has 0 bridgehead atoms. The second-order valence-corrected chi connectivity index (χ2v) is 7.79. The van der Waals surface area contributed by atoms with Gasteiger partial charge in [0.2, 0.25) is 0 Å². The molecule has 10 heteroatoms. The number of nitrogens with zero attached hydrogens (tertiary/aromatic N) is 2. The number of aromatic nitrogens is 1. The van der Waals surface area contributed by atoms with Crippen LogP contribution in [0.25, 0.3) is 0 Å². The van der Waals surface area contributed by atoms with Crippen molar-refractivity contribution >= 4 is 40.6 Å². The quantitative estimate of drug-likeness (QED) is 0.543. The normalized spacial score (nSPS) is 14.5. The van der Waals surface area contributed by atoms with Crippen molar-refractivity contribution in [1.29, 1.82) is 0 Å². The van der Waals surface area contributed by atoms with E-state index >= 15 is 0 Å². The lowest BCUT2D eigenvalue weighted by Gasteiger charge is -2.26. The molecule has 156 valence electrons. The third kappa shape index (κ3) is 5.89. The molecule has 0 radical (unpaired) electrons. The highest BCUT2D eigenvalue weighted by Crippen LogP contribution is 2.22. The number of nitrogens with two attached hydrogens (primary N) is 1. The molecule has 8 nitrogen and oxygen atoms in total. The minimum Gasteiger partial charge on any atom is -0.395 e. The Morgan fingerprint density at radius 3 is 2.72 bits per heavy atom. The van der Waals surface area contributed by atoms with E-state index in [9.17, 15) is 9.59 Å². The molecule has 29 heavy (non-hydrogen) atoms. The first kappa shape index (κ1) is 21.5. The third-order valence-corrected chi connectivity index (χ3v) is 5.82. The van der Waals surface area contributed by atoms with Gasteiger partial charge in [-0.1, -0.05) is 29.8 Å². The van der Waals surface area contributed by atoms with E-state index in [-0.39, 0.29) is 28.7 Å². The van der Waals surface area contributed by atoms with E-state index in [0.29, 0.717) is 11.6 Å². The average Bonchev–Trinajstić information content (AvgIpc) is 3.12. The van der Waals surface area contributed by atoms with E-state index in [4.69, 9.17) is 22.1 Å². The second-order valence-electron chi connectivity index (χ2n) is 6.61. The summed E-state index contributed by atoms with van der Waals surface area (Å²) in [6.07, 6.45) is 0.829. The van der Waals surface area contributed by atoms with Crippen LogP contribution in [0, 0.1) is 0 Å². The standard InChI is InChI=1S/C19H24ClN5O3S/c20-14-5-2-1-4-13(14)12-23-18(26)16-15(21)17(29-24-16)19(27)22-6-3-7-25-8-10-28-11-9-25/h1-2,4-5H,3,6-12,21H2,(H,22,27)(H,23,26). The number of ether oxygens (including phenoxy) is 1. The zero-order chi connectivity index (χ0) is 20.6. The fourth-order valence-electron chi connectivity index (χ4n) is 2.94. The summed E-state index contributed by atoms with van der Waals surface area (Å²) in [7, 11) is 0. The van der Waals surface area contributed by atoms with Gasteiger partial charge in [0.1, 0.15) is 4.88 Å². The Morgan fingerprint density at radius 1 is 1.21 bits per heavy atom. The van der Waals surface area contributed by atoms with Gasteiger partial charge in [-0.2, -0.15) is 4.37 Å². The maximum atomic E-state index is 12.4. The van der Waals surface area contributed by atoms with Crippen LogP contribution in [0.1, 0.15) is 32.1 Å². The molecule has 1 fully saturated rings. The summed E-state index contributed by atoms with van der Waals surface area (Å²) in [5.41, 5.74) is 6.94. The van der Waals surface area contributed by atoms with Crippen molar-refractivity contribution in [2.75, 3.05) is 45.1 Å². The molecule has 1 aliphatic heterocycles. The van der Waals surface area contributed by atoms with Gasteiger partial charge in [0.25, 0.3) is 11.8 Å². The summed E-state index contributed by atoms with van der Waals surface area (Å²) in [5.74, 6) is -0.753. The fourth-order valence-corrected chi connectivity index (χ4v) is 3.85. The van der Waals surface area contributed by atoms with Crippen LogP contribution < -0.4 is 16.4 Å². The topological polar surface area (TPSA) is 110 Å². The van der Waals surface area contributed by atoms with Gasteiger partial charge in [-0.3, -0.25) is 14.5 Å². The molecule has 2 heterocycles. The predicted octanol–water partition coefficient (Wildman–Crippen LogP) is 1.76. The average molecular weight is 438 g/mol. The summed E-state index contributed by atoms with van der Waals surface area (Å²) in [5, 5.41) is 6.14. The molecule has 0 atom stereocenters. The number of carbonyl (C=O) groups is 2. The summed E-state index contributed by atoms with van der Waals surface area (Å²) in [6, 6.07) is 7.23. The van der Waals surface area contributed by atoms with Crippen LogP contribution in [0.2, 0.25) is 5.02 Å². The number of hydrogen-bond donors (Lipinski definition) is 3. The molecular formula is C19H24ClN5O3S. The van der Waals surface area contributed by atoms with Crippen LogP contribution >= 0.6 is 23.1 Å². The smallest absolute Gasteiger partial charge is 0.273 e. The van der Waals surface area contributed by atoms with Crippen LogP contribution in [0.3, 0.4) is 0 Å². The number of nitrogen functional groups attached to an aromatic ring is 1. The molecule has 2 aromatic rings. The van der Waals surface area contributed by atoms with Crippen molar-refractivity contribution in [1.82, 2.24) is 19.9 Å². The Morgan fingerprint density at radius 2 is 1.97 bits per heavy atom. The van der Waals surface area contributed by atoms with Crippen molar-refractivity contribution in [3.05, 3.63) is 45.4 Å². The second kappa shape index (κ2) is 10.5. The van der Waals surface area contributed by atoms with Crippen LogP contribution in [0.4, 0.5) is 5.69 Å². The molecule has 0 saturated carbocycles. The maximum Gasteiger partial charge on any atom is 0.273 e. The predicted molar refractivity (Wildman–Crippen MR) is 113 cm³/mol. The highest BCUT2D eigenvalue weighted by molar-refractivity contribution is 7.09. The summed E-state index contributed by atoms with van der Waals surface area (Å²) in [4.78, 5) is 27.3. The zero-order valence-corrected chi connectivity index (χ0v) is 17.5. The van der Waals surface area contributed by atoms with E-state index in [1.165, 1.54) is 0 Å². The van der Waals surface area contributed by atoms with Crippen molar-refractivity contribution in [3.63, 3.8) is 0 Å². The molecule has 4 N–H and O–H groups in total. The minimum absolute atomic E-state index is 0.0560. The molecule has 1 aromatic carbocycles. The number of halogens is 1. The van der Waals surface area contributed by atoms with E-state index in [0.717, 1.165) is 56.4 Å². The number of carbonyl (C=O) groups excluding carboxylic acids is 2. The number of amides is 2. The van der Waals surface area contributed by atoms with Gasteiger partial charge in [-0.15, -0.1) is 0 Å². The van der Waals surface area contributed by atoms with Gasteiger partial charge in [-0.05, 0) is 36.1 Å². The van der Waals surface area contributed by atoms with Crippen molar-refractivity contribution < 1.29 is 14.3 Å². The molecular weight excluding hydrogens is 414 g/mol. The molecule has 1 aliphatic rings. The van der Waals surface area contributed by atoms with E-state index < -0.39 is 5.91 Å². The van der Waals surface area contributed by atoms with Crippen molar-refractivity contribution in [2.45, 2.75) is 13.0 Å². The molecule has 1 aromatic heterocycles. The van der Waals surface area contributed by atoms with Gasteiger partial charge in [0.15, 0.2) is 5.69 Å². The van der Waals surface area contributed by atoms with Crippen LogP contribution in [-0.2, 0) is 11.3 Å². The summed E-state index contributed by atoms with van der Waals surface area (Å²) >= 11 is 7.01. The number of anilines is 1. The van der Waals surface area contributed by atoms with Gasteiger partial charge >= 0.3 is 0 Å². The van der Waals surface area contributed by atoms with Crippen molar-refractivity contribution in [2.24, 2.45) is 0 Å². The number of morpholine rings is 1. The maximum absolute atomic E-state index is 12.4. The van der Waals surface area contributed by atoms with E-state index in [1.807, 2.05) is 18.2 Å². The Hall–Kier alpha value is -2.20. The largest absolute Gasteiger partial charge is 0.395 e. The molecule has 0 unspecified atom stereocenters. The monoisotopic (exact) mass is 437 g/mol. The number of nitrogens with one attached hydrogen (secondary N) is 2. The number of hydrogen-bond acceptors (Lipinski definition) is 7. The Bertz CT molecular complexity index is 854. The highest BCUT2D eigenvalue weighted by Gasteiger charge is 2.22. The van der Waals surface area contributed by atoms with Crippen LogP contribution in [0.15, 0.2) is 24.3 Å². The number of benzene rings is 1. The van der Waals surface area contributed by atoms with Crippen molar-refractivity contribution in [3.8, 4) is 0 Å².